The molecular weight excluding hydrogens is 883 g/mol. The predicted molar refractivity (Wildman–Crippen MR) is 299 cm³/mol. The first kappa shape index (κ1) is 44.7. The van der Waals surface area contributed by atoms with Gasteiger partial charge >= 0.3 is 0 Å². The summed E-state index contributed by atoms with van der Waals surface area (Å²) in [5, 5.41) is 0.616. The van der Waals surface area contributed by atoms with Gasteiger partial charge in [0.25, 0.3) is 0 Å². The van der Waals surface area contributed by atoms with Gasteiger partial charge in [-0.1, -0.05) is 134 Å². The van der Waals surface area contributed by atoms with E-state index in [1.54, 1.807) is 5.57 Å². The number of allylic oxidation sites excluding steroid dienone is 18. The average Bonchev–Trinajstić information content (AvgIpc) is 3.97. The minimum atomic E-state index is -0.144. The standard InChI is InChI=1S/C65H65N5S/c1-69-64(45-26-12-4-13-27-45)67-63(68-65(69)46-28-14-5-15-29-46)56-41-48(55-40-47(43-22-8-2-9-23-43)36-37-50(55)44-24-10-3-11-25-44)42-66-60(56)54-34-19-7-18-32-51-52-38-39-58-59(62(52)71-61(51)54)53-33-20-21-35-57(53)70(58)49-30-16-6-17-31-49/h4,8,10,12-13,16,18,20-28,30-32,34,36-42,51-53,57,61-62,65H,2-3,5-7,9,11,14-15,17,19,29,33,35H2,1H3/b32-18-,54-34+. The lowest BCUT2D eigenvalue weighted by Gasteiger charge is -2.35. The third kappa shape index (κ3) is 8.24. The molecule has 3 aromatic rings. The van der Waals surface area contributed by atoms with Crippen molar-refractivity contribution in [3.8, 4) is 11.1 Å². The molecule has 7 aliphatic carbocycles. The Hall–Kier alpha value is -6.24. The van der Waals surface area contributed by atoms with Crippen LogP contribution in [0.15, 0.2) is 197 Å². The Morgan fingerprint density at radius 2 is 1.38 bits per heavy atom. The van der Waals surface area contributed by atoms with Gasteiger partial charge in [-0.05, 0) is 159 Å². The molecule has 6 heteroatoms. The first-order chi connectivity index (χ1) is 35.2. The molecular formula is C65H65N5S. The highest BCUT2D eigenvalue weighted by Gasteiger charge is 2.53. The molecule has 4 heterocycles. The van der Waals surface area contributed by atoms with Gasteiger partial charge in [0.15, 0.2) is 5.84 Å². The largest absolute Gasteiger partial charge is 0.338 e. The zero-order valence-corrected chi connectivity index (χ0v) is 42.0. The van der Waals surface area contributed by atoms with Crippen LogP contribution in [0.1, 0.15) is 118 Å². The maximum absolute atomic E-state index is 5.78. The summed E-state index contributed by atoms with van der Waals surface area (Å²) in [6, 6.07) is 20.8. The fraction of sp³-hybridized carbons (Fsp3) is 0.338. The normalized spacial score (nSPS) is 29.8. The molecule has 10 aliphatic rings. The summed E-state index contributed by atoms with van der Waals surface area (Å²) in [7, 11) is 2.19. The number of nitrogens with zero attached hydrogens (tertiary/aromatic N) is 5. The molecule has 5 nitrogen and oxygen atoms in total. The van der Waals surface area contributed by atoms with E-state index in [2.05, 4.69) is 193 Å². The van der Waals surface area contributed by atoms with Crippen molar-refractivity contribution < 1.29 is 0 Å². The lowest BCUT2D eigenvalue weighted by atomic mass is 9.74. The van der Waals surface area contributed by atoms with Gasteiger partial charge in [-0.2, -0.15) is 0 Å². The van der Waals surface area contributed by atoms with Crippen LogP contribution in [-0.4, -0.2) is 56.2 Å². The zero-order valence-electron chi connectivity index (χ0n) is 41.2. The fourth-order valence-electron chi connectivity index (χ4n) is 13.3. The molecule has 356 valence electrons. The van der Waals surface area contributed by atoms with Gasteiger partial charge in [-0.25, -0.2) is 9.98 Å². The summed E-state index contributed by atoms with van der Waals surface area (Å²) in [5.74, 6) is 3.01. The third-order valence-electron chi connectivity index (χ3n) is 16.7. The number of aromatic nitrogens is 1. The number of likely N-dealkylation sites (N-methyl/N-ethyl adjacent to an activating group) is 1. The number of rotatable bonds is 8. The van der Waals surface area contributed by atoms with E-state index in [-0.39, 0.29) is 11.4 Å². The first-order valence-corrected chi connectivity index (χ1v) is 27.9. The third-order valence-corrected chi connectivity index (χ3v) is 18.5. The van der Waals surface area contributed by atoms with Crippen molar-refractivity contribution in [3.05, 3.63) is 215 Å². The van der Waals surface area contributed by atoms with Gasteiger partial charge in [0.1, 0.15) is 12.0 Å². The summed E-state index contributed by atoms with van der Waals surface area (Å²) in [6.07, 6.45) is 58.8. The maximum Gasteiger partial charge on any atom is 0.161 e. The Morgan fingerprint density at radius 1 is 0.606 bits per heavy atom. The van der Waals surface area contributed by atoms with E-state index in [1.807, 2.05) is 0 Å². The number of pyridine rings is 1. The van der Waals surface area contributed by atoms with E-state index in [9.17, 15) is 0 Å². The second-order valence-electron chi connectivity index (χ2n) is 21.0. The van der Waals surface area contributed by atoms with Crippen LogP contribution in [0.25, 0.3) is 27.8 Å². The Kier molecular flexibility index (Phi) is 12.2. The maximum atomic E-state index is 5.78. The van der Waals surface area contributed by atoms with Crippen LogP contribution in [0.2, 0.25) is 0 Å². The van der Waals surface area contributed by atoms with Crippen molar-refractivity contribution in [2.24, 2.45) is 27.7 Å². The van der Waals surface area contributed by atoms with Crippen LogP contribution in [0, 0.1) is 17.8 Å². The number of hydrogen-bond donors (Lipinski definition) is 0. The first-order valence-electron chi connectivity index (χ1n) is 26.9. The quantitative estimate of drug-likeness (QED) is 0.211. The SMILES string of the molecule is CN1C(c2ccccc2)=NC(c2cc(-c3cc(C4=CCCC=C4)ccc3C3=CCCC=C3)cnc2/C2=C\CC/C=C\C3C2SC2C4=C(C=CC23)N(C2=CCCC=C2)C2CC=CCC42)=NC1C1=CCCCC1. The van der Waals surface area contributed by atoms with Gasteiger partial charge in [0, 0.05) is 75.6 Å². The smallest absolute Gasteiger partial charge is 0.161 e. The molecule has 0 N–H and O–H groups in total. The Balaban J connectivity index is 0.985. The second kappa shape index (κ2) is 19.4. The molecule has 0 spiro atoms. The van der Waals surface area contributed by atoms with E-state index in [1.165, 1.54) is 63.2 Å². The number of thioether (sulfide) groups is 1. The Labute approximate surface area is 425 Å². The summed E-state index contributed by atoms with van der Waals surface area (Å²) >= 11 is 2.22. The molecule has 7 unspecified atom stereocenters. The lowest BCUT2D eigenvalue weighted by Crippen LogP contribution is -2.42. The predicted octanol–water partition coefficient (Wildman–Crippen LogP) is 15.3. The van der Waals surface area contributed by atoms with E-state index >= 15 is 0 Å². The molecule has 1 fully saturated rings. The van der Waals surface area contributed by atoms with Gasteiger partial charge in [-0.15, -0.1) is 11.8 Å². The molecule has 71 heavy (non-hydrogen) atoms. The van der Waals surface area contributed by atoms with Crippen molar-refractivity contribution in [3.63, 3.8) is 0 Å². The molecule has 7 atom stereocenters. The van der Waals surface area contributed by atoms with Crippen molar-refractivity contribution in [1.29, 1.82) is 0 Å². The summed E-state index contributed by atoms with van der Waals surface area (Å²) in [5.41, 5.74) is 17.8. The van der Waals surface area contributed by atoms with Gasteiger partial charge < -0.3 is 9.80 Å². The van der Waals surface area contributed by atoms with Crippen LogP contribution in [0.5, 0.6) is 0 Å². The summed E-state index contributed by atoms with van der Waals surface area (Å²) in [6.45, 7) is 0. The van der Waals surface area contributed by atoms with Crippen molar-refractivity contribution in [1.82, 2.24) is 14.8 Å². The van der Waals surface area contributed by atoms with Crippen LogP contribution in [0.4, 0.5) is 0 Å². The second-order valence-corrected chi connectivity index (χ2v) is 22.3. The zero-order chi connectivity index (χ0) is 47.3. The molecule has 0 radical (unpaired) electrons. The van der Waals surface area contributed by atoms with Crippen LogP contribution < -0.4 is 0 Å². The highest BCUT2D eigenvalue weighted by atomic mass is 32.2. The van der Waals surface area contributed by atoms with Crippen LogP contribution in [0.3, 0.4) is 0 Å². The van der Waals surface area contributed by atoms with E-state index in [0.29, 0.717) is 29.0 Å². The summed E-state index contributed by atoms with van der Waals surface area (Å²) < 4.78 is 0. The van der Waals surface area contributed by atoms with Gasteiger partial charge in [0.05, 0.1) is 5.69 Å². The monoisotopic (exact) mass is 947 g/mol. The molecule has 3 aliphatic heterocycles. The number of amidine groups is 2. The van der Waals surface area contributed by atoms with Gasteiger partial charge in [0.2, 0.25) is 0 Å². The molecule has 0 bridgehead atoms. The highest BCUT2D eigenvalue weighted by Crippen LogP contribution is 2.60. The lowest BCUT2D eigenvalue weighted by molar-refractivity contribution is 0.291. The van der Waals surface area contributed by atoms with Crippen LogP contribution in [-0.2, 0) is 0 Å². The minimum Gasteiger partial charge on any atom is -0.338 e. The molecule has 1 saturated heterocycles. The molecule has 0 amide bonds. The van der Waals surface area contributed by atoms with Crippen LogP contribution >= 0.6 is 11.8 Å². The molecule has 1 aromatic heterocycles. The molecule has 0 saturated carbocycles. The van der Waals surface area contributed by atoms with Crippen molar-refractivity contribution >= 4 is 40.2 Å². The van der Waals surface area contributed by atoms with Gasteiger partial charge in [-0.3, -0.25) is 4.98 Å². The molecule has 2 aromatic carbocycles. The number of fused-ring (bicyclic) bond motifs is 6. The average molecular weight is 948 g/mol. The Morgan fingerprint density at radius 3 is 2.18 bits per heavy atom. The van der Waals surface area contributed by atoms with E-state index in [0.717, 1.165) is 111 Å². The number of hydrogen-bond acceptors (Lipinski definition) is 6. The molecule has 13 rings (SSSR count). The highest BCUT2D eigenvalue weighted by molar-refractivity contribution is 8.01. The fourth-order valence-corrected chi connectivity index (χ4v) is 15.3. The van der Waals surface area contributed by atoms with E-state index in [4.69, 9.17) is 15.0 Å². The van der Waals surface area contributed by atoms with Crippen molar-refractivity contribution in [2.75, 3.05) is 7.05 Å². The number of aliphatic imine (C=N–C) groups is 2. The Bertz CT molecular complexity index is 3080. The number of benzene rings is 2. The van der Waals surface area contributed by atoms with E-state index < -0.39 is 0 Å². The summed E-state index contributed by atoms with van der Waals surface area (Å²) in [4.78, 5) is 22.3. The minimum absolute atomic E-state index is 0.144. The van der Waals surface area contributed by atoms with Crippen molar-refractivity contribution in [2.45, 2.75) is 113 Å². The topological polar surface area (TPSA) is 44.1 Å².